The van der Waals surface area contributed by atoms with Crippen LogP contribution in [0.25, 0.3) is 0 Å². The predicted octanol–water partition coefficient (Wildman–Crippen LogP) is 2.68. The number of carboxylic acid groups (broad SMARTS) is 1. The summed E-state index contributed by atoms with van der Waals surface area (Å²) in [6.07, 6.45) is 1.97. The molecule has 110 valence electrons. The number of furan rings is 1. The van der Waals surface area contributed by atoms with Crippen LogP contribution in [-0.2, 0) is 6.42 Å². The van der Waals surface area contributed by atoms with Gasteiger partial charge in [-0.15, -0.1) is 0 Å². The summed E-state index contributed by atoms with van der Waals surface area (Å²) >= 11 is 0. The van der Waals surface area contributed by atoms with E-state index in [0.29, 0.717) is 24.8 Å². The summed E-state index contributed by atoms with van der Waals surface area (Å²) in [7, 11) is 0. The molecule has 8 heteroatoms. The first-order chi connectivity index (χ1) is 9.99. The van der Waals surface area contributed by atoms with Crippen LogP contribution in [0, 0.1) is 15.9 Å². The zero-order valence-electron chi connectivity index (χ0n) is 10.7. The molecule has 2 aromatic rings. The number of nitro groups is 1. The van der Waals surface area contributed by atoms with Crippen LogP contribution in [-0.4, -0.2) is 22.5 Å². The lowest BCUT2D eigenvalue weighted by molar-refractivity contribution is -0.385. The largest absolute Gasteiger partial charge is 0.477 e. The van der Waals surface area contributed by atoms with Crippen LogP contribution >= 0.6 is 0 Å². The van der Waals surface area contributed by atoms with Crippen LogP contribution in [0.5, 0.6) is 0 Å². The van der Waals surface area contributed by atoms with Crippen molar-refractivity contribution in [2.75, 3.05) is 11.9 Å². The number of anilines is 1. The first-order valence-corrected chi connectivity index (χ1v) is 5.96. The molecule has 0 spiro atoms. The molecule has 0 aliphatic rings. The number of nitro benzene ring substituents is 1. The second-order valence-corrected chi connectivity index (χ2v) is 4.17. The van der Waals surface area contributed by atoms with E-state index >= 15 is 0 Å². The van der Waals surface area contributed by atoms with Crippen LogP contribution in [0.3, 0.4) is 0 Å². The quantitative estimate of drug-likeness (QED) is 0.626. The van der Waals surface area contributed by atoms with Gasteiger partial charge in [-0.1, -0.05) is 0 Å². The molecule has 0 saturated heterocycles. The van der Waals surface area contributed by atoms with E-state index in [-0.39, 0.29) is 5.69 Å². The molecule has 0 aliphatic heterocycles. The fraction of sp³-hybridized carbons (Fsp3) is 0.154. The lowest BCUT2D eigenvalue weighted by atomic mass is 10.1. The minimum absolute atomic E-state index is 0.107. The average molecular weight is 294 g/mol. The third-order valence-corrected chi connectivity index (χ3v) is 2.78. The predicted molar refractivity (Wildman–Crippen MR) is 70.9 cm³/mol. The molecule has 2 rings (SSSR count). The summed E-state index contributed by atoms with van der Waals surface area (Å²) < 4.78 is 18.8. The number of carbonyl (C=O) groups is 1. The maximum atomic E-state index is 13.7. The van der Waals surface area contributed by atoms with Gasteiger partial charge in [0.1, 0.15) is 11.3 Å². The van der Waals surface area contributed by atoms with Gasteiger partial charge in [-0.2, -0.15) is 0 Å². The number of nitrogens with zero attached hydrogens (tertiary/aromatic N) is 1. The Hall–Kier alpha value is -2.90. The van der Waals surface area contributed by atoms with Gasteiger partial charge < -0.3 is 14.8 Å². The molecule has 7 nitrogen and oxygen atoms in total. The highest BCUT2D eigenvalue weighted by Crippen LogP contribution is 2.26. The third kappa shape index (κ3) is 3.35. The Morgan fingerprint density at radius 1 is 1.48 bits per heavy atom. The number of hydrogen-bond acceptors (Lipinski definition) is 5. The molecule has 1 heterocycles. The molecule has 0 amide bonds. The Morgan fingerprint density at radius 2 is 2.24 bits per heavy atom. The minimum Gasteiger partial charge on any atom is -0.477 e. The zero-order chi connectivity index (χ0) is 15.4. The Labute approximate surface area is 118 Å². The molecular weight excluding hydrogens is 283 g/mol. The molecule has 2 N–H and O–H groups in total. The van der Waals surface area contributed by atoms with E-state index < -0.39 is 28.0 Å². The Kier molecular flexibility index (Phi) is 4.17. The molecule has 0 radical (unpaired) electrons. The first-order valence-electron chi connectivity index (χ1n) is 5.96. The van der Waals surface area contributed by atoms with E-state index in [2.05, 4.69) is 5.32 Å². The van der Waals surface area contributed by atoms with Gasteiger partial charge in [-0.25, -0.2) is 9.18 Å². The summed E-state index contributed by atoms with van der Waals surface area (Å²) in [6.45, 7) is 0.293. The Morgan fingerprint density at radius 3 is 2.81 bits per heavy atom. The van der Waals surface area contributed by atoms with Crippen molar-refractivity contribution in [1.82, 2.24) is 0 Å². The lowest BCUT2D eigenvalue weighted by Crippen LogP contribution is -2.09. The SMILES string of the molecule is O=C(O)c1cc(NCCc2ccco2)c(F)cc1[N+](=O)[O-]. The number of halogens is 1. The standard InChI is InChI=1S/C13H11FN2O5/c14-10-7-12(16(19)20)9(13(17)18)6-11(10)15-4-3-8-2-1-5-21-8/h1-2,5-7,15H,3-4H2,(H,17,18). The second kappa shape index (κ2) is 6.04. The van der Waals surface area contributed by atoms with E-state index in [1.54, 1.807) is 12.1 Å². The van der Waals surface area contributed by atoms with Gasteiger partial charge in [0, 0.05) is 13.0 Å². The summed E-state index contributed by atoms with van der Waals surface area (Å²) in [6, 6.07) is 4.97. The van der Waals surface area contributed by atoms with E-state index in [9.17, 15) is 19.3 Å². The van der Waals surface area contributed by atoms with Crippen molar-refractivity contribution in [1.29, 1.82) is 0 Å². The zero-order valence-corrected chi connectivity index (χ0v) is 10.7. The van der Waals surface area contributed by atoms with Gasteiger partial charge >= 0.3 is 5.97 Å². The van der Waals surface area contributed by atoms with Crippen molar-refractivity contribution in [3.05, 3.63) is 57.8 Å². The van der Waals surface area contributed by atoms with Crippen molar-refractivity contribution in [3.63, 3.8) is 0 Å². The molecule has 0 fully saturated rings. The number of hydrogen-bond donors (Lipinski definition) is 2. The normalized spacial score (nSPS) is 10.3. The highest BCUT2D eigenvalue weighted by molar-refractivity contribution is 5.93. The summed E-state index contributed by atoms with van der Waals surface area (Å²) in [5.41, 5.74) is -1.46. The second-order valence-electron chi connectivity index (χ2n) is 4.17. The van der Waals surface area contributed by atoms with Gasteiger partial charge in [0.25, 0.3) is 5.69 Å². The van der Waals surface area contributed by atoms with Crippen LogP contribution in [0.4, 0.5) is 15.8 Å². The lowest BCUT2D eigenvalue weighted by Gasteiger charge is -2.08. The number of aromatic carboxylic acids is 1. The Balaban J connectivity index is 2.17. The van der Waals surface area contributed by atoms with Gasteiger partial charge in [0.15, 0.2) is 5.82 Å². The van der Waals surface area contributed by atoms with Crippen LogP contribution < -0.4 is 5.32 Å². The van der Waals surface area contributed by atoms with Gasteiger partial charge in [-0.05, 0) is 18.2 Å². The molecule has 1 aromatic carbocycles. The Bertz CT molecular complexity index is 669. The molecule has 0 bridgehead atoms. The fourth-order valence-electron chi connectivity index (χ4n) is 1.80. The third-order valence-electron chi connectivity index (χ3n) is 2.78. The van der Waals surface area contributed by atoms with Crippen molar-refractivity contribution in [3.8, 4) is 0 Å². The van der Waals surface area contributed by atoms with Crippen molar-refractivity contribution < 1.29 is 23.6 Å². The maximum absolute atomic E-state index is 13.7. The molecule has 21 heavy (non-hydrogen) atoms. The smallest absolute Gasteiger partial charge is 0.342 e. The van der Waals surface area contributed by atoms with E-state index in [0.717, 1.165) is 6.07 Å². The van der Waals surface area contributed by atoms with E-state index in [4.69, 9.17) is 9.52 Å². The van der Waals surface area contributed by atoms with Crippen molar-refractivity contribution >= 4 is 17.3 Å². The number of rotatable bonds is 6. The molecule has 1 aromatic heterocycles. The number of carboxylic acids is 1. The van der Waals surface area contributed by atoms with Gasteiger partial charge in [-0.3, -0.25) is 10.1 Å². The monoisotopic (exact) mass is 294 g/mol. The van der Waals surface area contributed by atoms with Crippen molar-refractivity contribution in [2.45, 2.75) is 6.42 Å². The number of nitrogens with one attached hydrogen (secondary N) is 1. The van der Waals surface area contributed by atoms with Crippen LogP contribution in [0.15, 0.2) is 34.9 Å². The maximum Gasteiger partial charge on any atom is 0.342 e. The average Bonchev–Trinajstić information content (AvgIpc) is 2.92. The van der Waals surface area contributed by atoms with Gasteiger partial charge in [0.05, 0.1) is 22.9 Å². The van der Waals surface area contributed by atoms with Crippen LogP contribution in [0.1, 0.15) is 16.1 Å². The topological polar surface area (TPSA) is 106 Å². The highest BCUT2D eigenvalue weighted by atomic mass is 19.1. The summed E-state index contributed by atoms with van der Waals surface area (Å²) in [5.74, 6) is -1.69. The fourth-order valence-corrected chi connectivity index (χ4v) is 1.80. The van der Waals surface area contributed by atoms with Gasteiger partial charge in [0.2, 0.25) is 0 Å². The van der Waals surface area contributed by atoms with Crippen molar-refractivity contribution in [2.24, 2.45) is 0 Å². The molecule has 0 aliphatic carbocycles. The van der Waals surface area contributed by atoms with Crippen LogP contribution in [0.2, 0.25) is 0 Å². The molecule has 0 atom stereocenters. The minimum atomic E-state index is -1.49. The molecule has 0 saturated carbocycles. The molecule has 0 unspecified atom stereocenters. The number of benzene rings is 1. The summed E-state index contributed by atoms with van der Waals surface area (Å²) in [5, 5.41) is 22.3. The van der Waals surface area contributed by atoms with E-state index in [1.165, 1.54) is 6.26 Å². The molecular formula is C13H11FN2O5. The first kappa shape index (κ1) is 14.5. The van der Waals surface area contributed by atoms with E-state index in [1.807, 2.05) is 0 Å². The summed E-state index contributed by atoms with van der Waals surface area (Å²) in [4.78, 5) is 20.8. The highest BCUT2D eigenvalue weighted by Gasteiger charge is 2.23.